The van der Waals surface area contributed by atoms with Crippen LogP contribution in [0.15, 0.2) is 12.7 Å². The van der Waals surface area contributed by atoms with Crippen molar-refractivity contribution in [3.05, 3.63) is 12.7 Å². The molecule has 0 aromatic heterocycles. The maximum Gasteiger partial charge on any atom is 0.330 e. The number of ether oxygens (including phenoxy) is 2. The summed E-state index contributed by atoms with van der Waals surface area (Å²) in [5, 5.41) is 25.4. The van der Waals surface area contributed by atoms with Crippen LogP contribution in [-0.4, -0.2) is 60.4 Å². The molecule has 1 unspecified atom stereocenters. The number of carbonyl (C=O) groups is 1. The lowest BCUT2D eigenvalue weighted by molar-refractivity contribution is -0.138. The highest BCUT2D eigenvalue weighted by atomic mass is 16.6. The zero-order valence-corrected chi connectivity index (χ0v) is 10.5. The summed E-state index contributed by atoms with van der Waals surface area (Å²) in [5.74, 6) is -0.428. The predicted molar refractivity (Wildman–Crippen MR) is 64.9 cm³/mol. The van der Waals surface area contributed by atoms with Crippen LogP contribution in [0.5, 0.6) is 0 Å². The molecule has 6 heteroatoms. The molecule has 1 heterocycles. The molecule has 0 aromatic rings. The van der Waals surface area contributed by atoms with Crippen molar-refractivity contribution in [1.82, 2.24) is 0 Å². The van der Waals surface area contributed by atoms with Crippen molar-refractivity contribution >= 4 is 5.97 Å². The number of carbonyl (C=O) groups excluding carboxylic acids is 1. The van der Waals surface area contributed by atoms with E-state index in [0.717, 1.165) is 6.08 Å². The van der Waals surface area contributed by atoms with E-state index < -0.39 is 0 Å². The van der Waals surface area contributed by atoms with Gasteiger partial charge in [0.15, 0.2) is 0 Å². The zero-order chi connectivity index (χ0) is 13.8. The molecule has 0 spiro atoms. The van der Waals surface area contributed by atoms with Crippen LogP contribution in [-0.2, 0) is 14.3 Å². The number of aliphatic hydroxyl groups excluding tert-OH is 3. The van der Waals surface area contributed by atoms with E-state index in [2.05, 4.69) is 11.3 Å². The fourth-order valence-electron chi connectivity index (χ4n) is 1.02. The first-order valence-corrected chi connectivity index (χ1v) is 5.91. The molecule has 0 aromatic carbocycles. The Morgan fingerprint density at radius 1 is 1.44 bits per heavy atom. The fourth-order valence-corrected chi connectivity index (χ4v) is 1.02. The van der Waals surface area contributed by atoms with Gasteiger partial charge in [0.1, 0.15) is 12.7 Å². The van der Waals surface area contributed by atoms with Gasteiger partial charge in [0.2, 0.25) is 0 Å². The van der Waals surface area contributed by atoms with Crippen molar-refractivity contribution in [2.75, 3.05) is 33.0 Å². The van der Waals surface area contributed by atoms with E-state index in [1.165, 1.54) is 0 Å². The summed E-state index contributed by atoms with van der Waals surface area (Å²) in [6, 6.07) is 0. The second-order valence-electron chi connectivity index (χ2n) is 3.89. The van der Waals surface area contributed by atoms with Gasteiger partial charge in [0.25, 0.3) is 0 Å². The van der Waals surface area contributed by atoms with Crippen molar-refractivity contribution in [3.63, 3.8) is 0 Å². The molecule has 6 nitrogen and oxygen atoms in total. The summed E-state index contributed by atoms with van der Waals surface area (Å²) in [6.07, 6.45) is 2.64. The summed E-state index contributed by atoms with van der Waals surface area (Å²) in [5.41, 5.74) is 0. The Bertz CT molecular complexity index is 223. The van der Waals surface area contributed by atoms with E-state index in [4.69, 9.17) is 20.1 Å². The molecule has 1 fully saturated rings. The molecule has 0 amide bonds. The molecule has 1 atom stereocenters. The van der Waals surface area contributed by atoms with Crippen LogP contribution in [0.25, 0.3) is 0 Å². The Kier molecular flexibility index (Phi) is 10.6. The molecular formula is C12H22O6. The van der Waals surface area contributed by atoms with Gasteiger partial charge in [0.05, 0.1) is 6.61 Å². The van der Waals surface area contributed by atoms with E-state index in [1.54, 1.807) is 0 Å². The molecular weight excluding hydrogens is 240 g/mol. The smallest absolute Gasteiger partial charge is 0.330 e. The van der Waals surface area contributed by atoms with Crippen molar-refractivity contribution in [2.45, 2.75) is 18.9 Å². The molecule has 0 bridgehead atoms. The highest BCUT2D eigenvalue weighted by molar-refractivity contribution is 5.81. The number of hydrogen-bond acceptors (Lipinski definition) is 6. The monoisotopic (exact) mass is 262 g/mol. The van der Waals surface area contributed by atoms with Gasteiger partial charge in [-0.05, 0) is 12.8 Å². The third-order valence-corrected chi connectivity index (χ3v) is 2.27. The van der Waals surface area contributed by atoms with E-state index in [0.29, 0.717) is 26.1 Å². The molecule has 0 radical (unpaired) electrons. The largest absolute Gasteiger partial charge is 0.460 e. The lowest BCUT2D eigenvalue weighted by atomic mass is 10.1. The maximum atomic E-state index is 10.3. The van der Waals surface area contributed by atoms with Gasteiger partial charge < -0.3 is 24.8 Å². The minimum Gasteiger partial charge on any atom is -0.460 e. The third kappa shape index (κ3) is 10.2. The number of hydrogen-bond donors (Lipinski definition) is 3. The third-order valence-electron chi connectivity index (χ3n) is 2.27. The van der Waals surface area contributed by atoms with Crippen LogP contribution in [0.2, 0.25) is 0 Å². The summed E-state index contributed by atoms with van der Waals surface area (Å²) in [4.78, 5) is 10.3. The van der Waals surface area contributed by atoms with E-state index in [1.807, 2.05) is 0 Å². The Morgan fingerprint density at radius 2 is 2.06 bits per heavy atom. The molecule has 1 aliphatic heterocycles. The maximum absolute atomic E-state index is 10.3. The van der Waals surface area contributed by atoms with E-state index in [-0.39, 0.29) is 37.8 Å². The van der Waals surface area contributed by atoms with Gasteiger partial charge in [-0.3, -0.25) is 0 Å². The van der Waals surface area contributed by atoms with Gasteiger partial charge in [-0.25, -0.2) is 4.79 Å². The molecule has 18 heavy (non-hydrogen) atoms. The Hall–Kier alpha value is -0.950. The molecule has 3 N–H and O–H groups in total. The number of rotatable bonds is 8. The molecule has 0 saturated carbocycles. The standard InChI is InChI=1S/C6H8O3.C6H14O3/c1-2-6(7)9-4-5-3-8-5;7-3-1-2-6(4-8)5-9/h2,5H,1,3-4H2;6-9H,1-5H2. The topological polar surface area (TPSA) is 99.5 Å². The molecule has 1 rings (SSSR count). The number of epoxide rings is 1. The lowest BCUT2D eigenvalue weighted by Crippen LogP contribution is -2.11. The first-order valence-electron chi connectivity index (χ1n) is 5.91. The van der Waals surface area contributed by atoms with E-state index in [9.17, 15) is 4.79 Å². The van der Waals surface area contributed by atoms with Crippen molar-refractivity contribution < 1.29 is 29.6 Å². The van der Waals surface area contributed by atoms with Crippen LogP contribution in [0, 0.1) is 5.92 Å². The summed E-state index contributed by atoms with van der Waals surface area (Å²) in [6.45, 7) is 4.48. The van der Waals surface area contributed by atoms with Crippen molar-refractivity contribution in [2.24, 2.45) is 5.92 Å². The first kappa shape index (κ1) is 17.1. The number of aliphatic hydroxyl groups is 3. The van der Waals surface area contributed by atoms with Gasteiger partial charge in [-0.2, -0.15) is 0 Å². The van der Waals surface area contributed by atoms with Crippen LogP contribution in [0.4, 0.5) is 0 Å². The first-order chi connectivity index (χ1) is 8.67. The molecule has 0 aliphatic carbocycles. The van der Waals surface area contributed by atoms with Gasteiger partial charge >= 0.3 is 5.97 Å². The highest BCUT2D eigenvalue weighted by Crippen LogP contribution is 2.08. The van der Waals surface area contributed by atoms with Crippen molar-refractivity contribution in [3.8, 4) is 0 Å². The SMILES string of the molecule is C=CC(=O)OCC1CO1.OCCCC(CO)CO. The van der Waals surface area contributed by atoms with Crippen LogP contribution in [0.1, 0.15) is 12.8 Å². The Labute approximate surface area is 107 Å². The minimum absolute atomic E-state index is 0.0104. The molecule has 1 saturated heterocycles. The van der Waals surface area contributed by atoms with E-state index >= 15 is 0 Å². The second-order valence-corrected chi connectivity index (χ2v) is 3.89. The zero-order valence-electron chi connectivity index (χ0n) is 10.5. The highest BCUT2D eigenvalue weighted by Gasteiger charge is 2.23. The summed E-state index contributed by atoms with van der Waals surface area (Å²) < 4.78 is 9.42. The van der Waals surface area contributed by atoms with Gasteiger partial charge in [0, 0.05) is 31.8 Å². The lowest BCUT2D eigenvalue weighted by Gasteiger charge is -2.07. The van der Waals surface area contributed by atoms with Crippen LogP contribution < -0.4 is 0 Å². The predicted octanol–water partition coefficient (Wildman–Crippen LogP) is -0.526. The summed E-state index contributed by atoms with van der Waals surface area (Å²) in [7, 11) is 0. The second kappa shape index (κ2) is 11.2. The Morgan fingerprint density at radius 3 is 2.44 bits per heavy atom. The summed E-state index contributed by atoms with van der Waals surface area (Å²) >= 11 is 0. The quantitative estimate of drug-likeness (QED) is 0.309. The normalized spacial score (nSPS) is 16.8. The van der Waals surface area contributed by atoms with Crippen LogP contribution in [0.3, 0.4) is 0 Å². The fraction of sp³-hybridized carbons (Fsp3) is 0.750. The molecule has 106 valence electrons. The van der Waals surface area contributed by atoms with Gasteiger partial charge in [-0.1, -0.05) is 6.58 Å². The van der Waals surface area contributed by atoms with Crippen molar-refractivity contribution in [1.29, 1.82) is 0 Å². The average molecular weight is 262 g/mol. The molecule has 1 aliphatic rings. The minimum atomic E-state index is -0.384. The van der Waals surface area contributed by atoms with Gasteiger partial charge in [-0.15, -0.1) is 0 Å². The van der Waals surface area contributed by atoms with Crippen LogP contribution >= 0.6 is 0 Å². The average Bonchev–Trinajstić information content (AvgIpc) is 3.22. The Balaban J connectivity index is 0.000000321. The number of esters is 1.